The zero-order valence-electron chi connectivity index (χ0n) is 13.8. The number of hydrogen-bond donors (Lipinski definition) is 0. The zero-order valence-corrected chi connectivity index (χ0v) is 15.4. The van der Waals surface area contributed by atoms with Crippen LogP contribution in [-0.2, 0) is 5.75 Å². The van der Waals surface area contributed by atoms with Crippen LogP contribution in [0.15, 0.2) is 57.5 Å². The summed E-state index contributed by atoms with van der Waals surface area (Å²) in [6.45, 7) is 0. The van der Waals surface area contributed by atoms with Crippen molar-refractivity contribution >= 4 is 23.1 Å². The molecule has 1 fully saturated rings. The number of nitrogens with zero attached hydrogens (tertiary/aromatic N) is 5. The Labute approximate surface area is 158 Å². The van der Waals surface area contributed by atoms with Gasteiger partial charge in [-0.15, -0.1) is 16.4 Å². The first-order chi connectivity index (χ1) is 12.9. The molecule has 4 aromatic rings. The standard InChI is InChI=1S/C18H15N5OS2/c1-2-5-13(6-3-1)23-17(12-8-9-12)20-18(21-23)26-11-15-19-16(22-24-15)14-7-4-10-25-14/h1-7,10,12H,8-9,11H2. The fraction of sp³-hybridized carbons (Fsp3) is 0.222. The number of rotatable bonds is 6. The van der Waals surface area contributed by atoms with Gasteiger partial charge in [0, 0.05) is 5.92 Å². The van der Waals surface area contributed by atoms with E-state index in [1.54, 1.807) is 11.3 Å². The Balaban J connectivity index is 1.35. The minimum atomic E-state index is 0.519. The van der Waals surface area contributed by atoms with Crippen molar-refractivity contribution in [3.8, 4) is 16.4 Å². The quantitative estimate of drug-likeness (QED) is 0.456. The minimum Gasteiger partial charge on any atom is -0.338 e. The summed E-state index contributed by atoms with van der Waals surface area (Å²) >= 11 is 3.12. The topological polar surface area (TPSA) is 69.6 Å². The molecule has 0 unspecified atom stereocenters. The third kappa shape index (κ3) is 3.17. The average molecular weight is 381 g/mol. The predicted molar refractivity (Wildman–Crippen MR) is 101 cm³/mol. The summed E-state index contributed by atoms with van der Waals surface area (Å²) in [6.07, 6.45) is 2.37. The van der Waals surface area contributed by atoms with Gasteiger partial charge in [0.2, 0.25) is 16.9 Å². The van der Waals surface area contributed by atoms with E-state index in [1.807, 2.05) is 40.4 Å². The van der Waals surface area contributed by atoms with Gasteiger partial charge in [-0.3, -0.25) is 0 Å². The number of hydrogen-bond acceptors (Lipinski definition) is 7. The van der Waals surface area contributed by atoms with Crippen LogP contribution in [0.5, 0.6) is 0 Å². The van der Waals surface area contributed by atoms with E-state index in [2.05, 4.69) is 22.3 Å². The van der Waals surface area contributed by atoms with Gasteiger partial charge >= 0.3 is 0 Å². The van der Waals surface area contributed by atoms with Gasteiger partial charge in [0.15, 0.2) is 0 Å². The second-order valence-corrected chi connectivity index (χ2v) is 7.94. The molecule has 1 aromatic carbocycles. The lowest BCUT2D eigenvalue weighted by Crippen LogP contribution is -2.01. The molecule has 0 spiro atoms. The minimum absolute atomic E-state index is 0.519. The smallest absolute Gasteiger partial charge is 0.237 e. The number of thioether (sulfide) groups is 1. The molecular weight excluding hydrogens is 366 g/mol. The fourth-order valence-electron chi connectivity index (χ4n) is 2.68. The number of benzene rings is 1. The lowest BCUT2D eigenvalue weighted by molar-refractivity contribution is 0.391. The summed E-state index contributed by atoms with van der Waals surface area (Å²) in [4.78, 5) is 10.2. The van der Waals surface area contributed by atoms with E-state index in [-0.39, 0.29) is 0 Å². The summed E-state index contributed by atoms with van der Waals surface area (Å²) in [5, 5.41) is 11.5. The van der Waals surface area contributed by atoms with Crippen LogP contribution in [0.25, 0.3) is 16.4 Å². The first-order valence-electron chi connectivity index (χ1n) is 8.38. The summed E-state index contributed by atoms with van der Waals surface area (Å²) in [5.74, 6) is 3.34. The van der Waals surface area contributed by atoms with Crippen molar-refractivity contribution in [3.05, 3.63) is 59.6 Å². The zero-order chi connectivity index (χ0) is 17.3. The highest BCUT2D eigenvalue weighted by atomic mass is 32.2. The maximum atomic E-state index is 5.35. The third-order valence-corrected chi connectivity index (χ3v) is 5.78. The van der Waals surface area contributed by atoms with Crippen LogP contribution in [0, 0.1) is 0 Å². The largest absolute Gasteiger partial charge is 0.338 e. The fourth-order valence-corrected chi connectivity index (χ4v) is 3.99. The molecule has 0 saturated heterocycles. The van der Waals surface area contributed by atoms with Gasteiger partial charge in [-0.05, 0) is 36.4 Å². The number of para-hydroxylation sites is 1. The molecule has 3 heterocycles. The molecule has 3 aromatic heterocycles. The molecule has 6 nitrogen and oxygen atoms in total. The van der Waals surface area contributed by atoms with Crippen molar-refractivity contribution in [2.24, 2.45) is 0 Å². The Bertz CT molecular complexity index is 1010. The summed E-state index contributed by atoms with van der Waals surface area (Å²) < 4.78 is 7.32. The van der Waals surface area contributed by atoms with E-state index in [4.69, 9.17) is 14.6 Å². The maximum absolute atomic E-state index is 5.35. The van der Waals surface area contributed by atoms with Gasteiger partial charge in [0.05, 0.1) is 16.3 Å². The van der Waals surface area contributed by atoms with Crippen LogP contribution in [-0.4, -0.2) is 24.9 Å². The normalized spacial score (nSPS) is 14.0. The second-order valence-electron chi connectivity index (χ2n) is 6.05. The van der Waals surface area contributed by atoms with E-state index >= 15 is 0 Å². The van der Waals surface area contributed by atoms with Crippen LogP contribution >= 0.6 is 23.1 Å². The van der Waals surface area contributed by atoms with Gasteiger partial charge in [-0.25, -0.2) is 9.67 Å². The molecule has 0 amide bonds. The molecule has 0 atom stereocenters. The molecule has 5 rings (SSSR count). The molecule has 130 valence electrons. The van der Waals surface area contributed by atoms with Gasteiger partial charge in [-0.1, -0.05) is 41.2 Å². The van der Waals surface area contributed by atoms with Crippen molar-refractivity contribution in [3.63, 3.8) is 0 Å². The van der Waals surface area contributed by atoms with Crippen LogP contribution in [0.1, 0.15) is 30.5 Å². The first-order valence-corrected chi connectivity index (χ1v) is 10.2. The Kier molecular flexibility index (Phi) is 4.06. The first kappa shape index (κ1) is 15.8. The average Bonchev–Trinajstić information content (AvgIpc) is 3.09. The molecule has 0 radical (unpaired) electrons. The number of thiophene rings is 1. The highest BCUT2D eigenvalue weighted by Gasteiger charge is 2.30. The SMILES string of the molecule is c1ccc(-n2nc(SCc3nc(-c4cccs4)no3)nc2C2CC2)cc1. The Morgan fingerprint density at radius 2 is 2.00 bits per heavy atom. The monoisotopic (exact) mass is 381 g/mol. The molecular formula is C18H15N5OS2. The summed E-state index contributed by atoms with van der Waals surface area (Å²) in [6, 6.07) is 14.1. The van der Waals surface area contributed by atoms with E-state index in [9.17, 15) is 0 Å². The van der Waals surface area contributed by atoms with Crippen LogP contribution in [0.3, 0.4) is 0 Å². The summed E-state index contributed by atoms with van der Waals surface area (Å²) in [7, 11) is 0. The van der Waals surface area contributed by atoms with Crippen molar-refractivity contribution in [2.75, 3.05) is 0 Å². The molecule has 0 N–H and O–H groups in total. The van der Waals surface area contributed by atoms with E-state index in [0.717, 1.165) is 21.5 Å². The van der Waals surface area contributed by atoms with Crippen LogP contribution in [0.2, 0.25) is 0 Å². The van der Waals surface area contributed by atoms with Crippen molar-refractivity contribution in [2.45, 2.75) is 29.7 Å². The third-order valence-electron chi connectivity index (χ3n) is 4.09. The van der Waals surface area contributed by atoms with Crippen LogP contribution in [0.4, 0.5) is 0 Å². The van der Waals surface area contributed by atoms with Gasteiger partial charge in [0.25, 0.3) is 0 Å². The van der Waals surface area contributed by atoms with E-state index in [0.29, 0.717) is 23.4 Å². The van der Waals surface area contributed by atoms with Crippen molar-refractivity contribution < 1.29 is 4.52 Å². The van der Waals surface area contributed by atoms with E-state index in [1.165, 1.54) is 24.6 Å². The Morgan fingerprint density at radius 3 is 2.77 bits per heavy atom. The maximum Gasteiger partial charge on any atom is 0.237 e. The molecule has 1 aliphatic rings. The lowest BCUT2D eigenvalue weighted by atomic mass is 10.3. The van der Waals surface area contributed by atoms with Gasteiger partial charge < -0.3 is 4.52 Å². The highest BCUT2D eigenvalue weighted by molar-refractivity contribution is 7.98. The van der Waals surface area contributed by atoms with Gasteiger partial charge in [-0.2, -0.15) is 4.98 Å². The highest BCUT2D eigenvalue weighted by Crippen LogP contribution is 2.40. The van der Waals surface area contributed by atoms with Crippen LogP contribution < -0.4 is 0 Å². The van der Waals surface area contributed by atoms with Gasteiger partial charge in [0.1, 0.15) is 5.82 Å². The molecule has 1 saturated carbocycles. The lowest BCUT2D eigenvalue weighted by Gasteiger charge is -2.03. The molecule has 8 heteroatoms. The molecule has 1 aliphatic carbocycles. The van der Waals surface area contributed by atoms with Crippen molar-refractivity contribution in [1.29, 1.82) is 0 Å². The summed E-state index contributed by atoms with van der Waals surface area (Å²) in [5.41, 5.74) is 1.05. The van der Waals surface area contributed by atoms with Crippen molar-refractivity contribution in [1.82, 2.24) is 24.9 Å². The molecule has 0 bridgehead atoms. The molecule has 0 aliphatic heterocycles. The molecule has 26 heavy (non-hydrogen) atoms. The Hall–Kier alpha value is -2.45. The Morgan fingerprint density at radius 1 is 1.12 bits per heavy atom. The predicted octanol–water partition coefficient (Wildman–Crippen LogP) is 4.55. The van der Waals surface area contributed by atoms with E-state index < -0.39 is 0 Å². The number of aromatic nitrogens is 5. The second kappa shape index (κ2) is 6.69.